The Morgan fingerprint density at radius 3 is 2.71 bits per heavy atom. The van der Waals surface area contributed by atoms with Crippen LogP contribution in [0.3, 0.4) is 0 Å². The van der Waals surface area contributed by atoms with Crippen LogP contribution in [0.5, 0.6) is 11.5 Å². The van der Waals surface area contributed by atoms with Crippen LogP contribution < -0.4 is 9.47 Å². The van der Waals surface area contributed by atoms with Crippen molar-refractivity contribution in [3.8, 4) is 22.9 Å². The minimum Gasteiger partial charge on any atom is -0.497 e. The Hall–Kier alpha value is -3.06. The lowest BCUT2D eigenvalue weighted by Gasteiger charge is -2.20. The topological polar surface area (TPSA) is 77.7 Å². The molecule has 0 aliphatic rings. The van der Waals surface area contributed by atoms with E-state index in [2.05, 4.69) is 10.1 Å². The number of benzene rings is 2. The smallest absolute Gasteiger partial charge is 0.263 e. The van der Waals surface area contributed by atoms with Gasteiger partial charge in [-0.25, -0.2) is 0 Å². The number of ether oxygens (including phenoxy) is 2. The largest absolute Gasteiger partial charge is 0.497 e. The Labute approximate surface area is 167 Å². The van der Waals surface area contributed by atoms with Crippen molar-refractivity contribution in [3.63, 3.8) is 0 Å². The second kappa shape index (κ2) is 8.75. The number of nitrogens with zero attached hydrogens (tertiary/aromatic N) is 3. The fraction of sp³-hybridized carbons (Fsp3) is 0.250. The zero-order chi connectivity index (χ0) is 20.1. The molecule has 28 heavy (non-hydrogen) atoms. The number of aromatic nitrogens is 2. The molecular formula is C20H20ClN3O4. The number of hydrogen-bond acceptors (Lipinski definition) is 6. The highest BCUT2D eigenvalue weighted by atomic mass is 35.5. The van der Waals surface area contributed by atoms with Crippen molar-refractivity contribution in [1.82, 2.24) is 15.0 Å². The molecule has 0 saturated heterocycles. The molecular weight excluding hydrogens is 382 g/mol. The first kappa shape index (κ1) is 19.7. The van der Waals surface area contributed by atoms with Crippen molar-refractivity contribution in [2.45, 2.75) is 19.6 Å². The Bertz CT molecular complexity index is 960. The average Bonchev–Trinajstić information content (AvgIpc) is 3.16. The predicted octanol–water partition coefficient (Wildman–Crippen LogP) is 3.82. The number of rotatable bonds is 7. The van der Waals surface area contributed by atoms with Gasteiger partial charge in [-0.3, -0.25) is 4.79 Å². The molecule has 1 atom stereocenters. The summed E-state index contributed by atoms with van der Waals surface area (Å²) in [6, 6.07) is 14.2. The fourth-order valence-corrected chi connectivity index (χ4v) is 2.76. The van der Waals surface area contributed by atoms with E-state index in [1.165, 1.54) is 4.90 Å². The number of carbonyl (C=O) groups excluding carboxylic acids is 1. The Morgan fingerprint density at radius 2 is 1.96 bits per heavy atom. The maximum absolute atomic E-state index is 12.6. The first-order valence-corrected chi connectivity index (χ1v) is 8.98. The van der Waals surface area contributed by atoms with Crippen molar-refractivity contribution in [1.29, 1.82) is 0 Å². The second-order valence-electron chi connectivity index (χ2n) is 6.16. The molecule has 146 valence electrons. The minimum absolute atomic E-state index is 0.166. The highest BCUT2D eigenvalue weighted by Gasteiger charge is 2.21. The molecule has 2 aromatic carbocycles. The van der Waals surface area contributed by atoms with E-state index < -0.39 is 6.10 Å². The van der Waals surface area contributed by atoms with Crippen molar-refractivity contribution < 1.29 is 18.8 Å². The maximum Gasteiger partial charge on any atom is 0.263 e. The summed E-state index contributed by atoms with van der Waals surface area (Å²) in [5.74, 6) is 1.76. The van der Waals surface area contributed by atoms with Gasteiger partial charge in [0.25, 0.3) is 5.91 Å². The van der Waals surface area contributed by atoms with Crippen LogP contribution in [0.25, 0.3) is 11.4 Å². The van der Waals surface area contributed by atoms with Crippen LogP contribution in [0.15, 0.2) is 53.1 Å². The molecule has 8 heteroatoms. The molecule has 3 aromatic rings. The molecule has 0 bridgehead atoms. The van der Waals surface area contributed by atoms with Gasteiger partial charge in [0.05, 0.1) is 13.7 Å². The normalized spacial score (nSPS) is 11.7. The van der Waals surface area contributed by atoms with E-state index in [1.54, 1.807) is 45.3 Å². The van der Waals surface area contributed by atoms with Gasteiger partial charge in [0.2, 0.25) is 11.7 Å². The van der Waals surface area contributed by atoms with Crippen LogP contribution in [0.1, 0.15) is 12.8 Å². The zero-order valence-electron chi connectivity index (χ0n) is 15.8. The third-order valence-corrected chi connectivity index (χ3v) is 4.24. The molecule has 3 rings (SSSR count). The molecule has 0 unspecified atom stereocenters. The molecule has 0 fully saturated rings. The SMILES string of the molecule is COc1cccc(-c2noc(CN(C)C(=O)[C@H](C)Oc3cccc(Cl)c3)n2)c1. The molecule has 1 amide bonds. The van der Waals surface area contributed by atoms with Crippen molar-refractivity contribution in [2.75, 3.05) is 14.2 Å². The van der Waals surface area contributed by atoms with Gasteiger partial charge in [-0.05, 0) is 37.3 Å². The van der Waals surface area contributed by atoms with Gasteiger partial charge >= 0.3 is 0 Å². The monoisotopic (exact) mass is 401 g/mol. The molecule has 0 aliphatic heterocycles. The van der Waals surface area contributed by atoms with Gasteiger partial charge in [-0.2, -0.15) is 4.98 Å². The van der Waals surface area contributed by atoms with Gasteiger partial charge in [0.1, 0.15) is 11.5 Å². The Kier molecular flexibility index (Phi) is 6.16. The van der Waals surface area contributed by atoms with Crippen molar-refractivity contribution in [2.24, 2.45) is 0 Å². The summed E-state index contributed by atoms with van der Waals surface area (Å²) >= 11 is 5.94. The van der Waals surface area contributed by atoms with Crippen LogP contribution in [-0.4, -0.2) is 41.2 Å². The summed E-state index contributed by atoms with van der Waals surface area (Å²) < 4.78 is 16.1. The van der Waals surface area contributed by atoms with E-state index in [0.717, 1.165) is 5.56 Å². The van der Waals surface area contributed by atoms with E-state index in [4.69, 9.17) is 25.6 Å². The number of carbonyl (C=O) groups is 1. The number of hydrogen-bond donors (Lipinski definition) is 0. The maximum atomic E-state index is 12.6. The quantitative estimate of drug-likeness (QED) is 0.598. The van der Waals surface area contributed by atoms with E-state index in [1.807, 2.05) is 24.3 Å². The third kappa shape index (κ3) is 4.80. The van der Waals surface area contributed by atoms with E-state index in [-0.39, 0.29) is 12.5 Å². The van der Waals surface area contributed by atoms with E-state index in [0.29, 0.717) is 28.2 Å². The molecule has 0 saturated carbocycles. The molecule has 0 spiro atoms. The van der Waals surface area contributed by atoms with Crippen molar-refractivity contribution in [3.05, 3.63) is 59.4 Å². The molecule has 1 aromatic heterocycles. The summed E-state index contributed by atoms with van der Waals surface area (Å²) in [6.45, 7) is 1.84. The summed E-state index contributed by atoms with van der Waals surface area (Å²) in [5.41, 5.74) is 0.765. The summed E-state index contributed by atoms with van der Waals surface area (Å²) in [4.78, 5) is 18.4. The predicted molar refractivity (Wildman–Crippen MR) is 104 cm³/mol. The molecule has 0 aliphatic carbocycles. The van der Waals surface area contributed by atoms with Crippen LogP contribution >= 0.6 is 11.6 Å². The number of methoxy groups -OCH3 is 1. The van der Waals surface area contributed by atoms with Crippen LogP contribution in [-0.2, 0) is 11.3 Å². The average molecular weight is 402 g/mol. The van der Waals surface area contributed by atoms with Crippen LogP contribution in [0, 0.1) is 0 Å². The minimum atomic E-state index is -0.691. The van der Waals surface area contributed by atoms with Crippen LogP contribution in [0.4, 0.5) is 0 Å². The Morgan fingerprint density at radius 1 is 1.21 bits per heavy atom. The first-order chi connectivity index (χ1) is 13.5. The fourth-order valence-electron chi connectivity index (χ4n) is 2.58. The van der Waals surface area contributed by atoms with E-state index in [9.17, 15) is 4.79 Å². The number of halogens is 1. The molecule has 0 N–H and O–H groups in total. The molecule has 7 nitrogen and oxygen atoms in total. The highest BCUT2D eigenvalue weighted by molar-refractivity contribution is 6.30. The number of likely N-dealkylation sites (N-methyl/N-ethyl adjacent to an activating group) is 1. The van der Waals surface area contributed by atoms with Crippen molar-refractivity contribution >= 4 is 17.5 Å². The summed E-state index contributed by atoms with van der Waals surface area (Å²) in [5, 5.41) is 4.51. The molecule has 0 radical (unpaired) electrons. The summed E-state index contributed by atoms with van der Waals surface area (Å²) in [6.07, 6.45) is -0.691. The Balaban J connectivity index is 1.63. The first-order valence-electron chi connectivity index (χ1n) is 8.60. The second-order valence-corrected chi connectivity index (χ2v) is 6.59. The van der Waals surface area contributed by atoms with Gasteiger partial charge in [-0.15, -0.1) is 0 Å². The number of amides is 1. The zero-order valence-corrected chi connectivity index (χ0v) is 16.5. The van der Waals surface area contributed by atoms with Crippen LogP contribution in [0.2, 0.25) is 5.02 Å². The lowest BCUT2D eigenvalue weighted by molar-refractivity contribution is -0.137. The highest BCUT2D eigenvalue weighted by Crippen LogP contribution is 2.22. The third-order valence-electron chi connectivity index (χ3n) is 4.00. The lowest BCUT2D eigenvalue weighted by Crippen LogP contribution is -2.37. The van der Waals surface area contributed by atoms with Gasteiger partial charge in [0.15, 0.2) is 6.10 Å². The van der Waals surface area contributed by atoms with Gasteiger partial charge < -0.3 is 18.9 Å². The standard InChI is InChI=1S/C20H20ClN3O4/c1-13(27-17-9-5-7-15(21)11-17)20(25)24(2)12-18-22-19(23-28-18)14-6-4-8-16(10-14)26-3/h4-11,13H,12H2,1-3H3/t13-/m0/s1. The molecule has 1 heterocycles. The summed E-state index contributed by atoms with van der Waals surface area (Å²) in [7, 11) is 3.24. The van der Waals surface area contributed by atoms with E-state index >= 15 is 0 Å². The lowest BCUT2D eigenvalue weighted by atomic mass is 10.2. The van der Waals surface area contributed by atoms with Gasteiger partial charge in [0, 0.05) is 17.6 Å². The van der Waals surface area contributed by atoms with Gasteiger partial charge in [-0.1, -0.05) is 35.0 Å².